The topological polar surface area (TPSA) is 87.5 Å². The minimum Gasteiger partial charge on any atom is -0.388 e. The Morgan fingerprint density at radius 1 is 1.27 bits per heavy atom. The number of nitrogens with one attached hydrogen (secondary N) is 1. The summed E-state index contributed by atoms with van der Waals surface area (Å²) in [5.74, 6) is -0.236. The van der Waals surface area contributed by atoms with Crippen molar-refractivity contribution in [3.05, 3.63) is 18.1 Å². The van der Waals surface area contributed by atoms with Gasteiger partial charge in [0.05, 0.1) is 24.5 Å². The zero-order chi connectivity index (χ0) is 16.5. The summed E-state index contributed by atoms with van der Waals surface area (Å²) < 4.78 is 55.6. The molecule has 1 saturated heterocycles. The van der Waals surface area contributed by atoms with Crippen LogP contribution >= 0.6 is 0 Å². The van der Waals surface area contributed by atoms with Crippen LogP contribution in [0.15, 0.2) is 12.4 Å². The molecule has 0 amide bonds. The first-order valence-corrected chi connectivity index (χ1v) is 6.47. The van der Waals surface area contributed by atoms with Gasteiger partial charge in [0.15, 0.2) is 5.69 Å². The minimum absolute atomic E-state index is 0.236. The number of aliphatic hydroxyl groups is 2. The molecule has 0 aliphatic carbocycles. The van der Waals surface area contributed by atoms with Crippen LogP contribution in [0, 0.1) is 0 Å². The monoisotopic (exact) mass is 325 g/mol. The zero-order valence-corrected chi connectivity index (χ0v) is 11.5. The molecule has 0 spiro atoms. The van der Waals surface area contributed by atoms with E-state index >= 15 is 0 Å². The van der Waals surface area contributed by atoms with Gasteiger partial charge in [0.2, 0.25) is 0 Å². The van der Waals surface area contributed by atoms with Crippen LogP contribution in [-0.4, -0.2) is 57.3 Å². The van der Waals surface area contributed by atoms with Crippen LogP contribution in [0.3, 0.4) is 0 Å². The molecule has 0 aromatic carbocycles. The van der Waals surface area contributed by atoms with Crippen molar-refractivity contribution in [1.29, 1.82) is 0 Å². The van der Waals surface area contributed by atoms with Crippen LogP contribution < -0.4 is 5.32 Å². The Bertz CT molecular complexity index is 517. The molecule has 3 N–H and O–H groups in total. The molecule has 1 fully saturated rings. The SMILES string of the molecule is CC1O[C@H](CF)[C@H](O)[C@H](O)[C@H]1Nc1cncc(C(F)(F)F)n1. The largest absolute Gasteiger partial charge is 0.434 e. The molecule has 0 bridgehead atoms. The Morgan fingerprint density at radius 2 is 1.95 bits per heavy atom. The van der Waals surface area contributed by atoms with E-state index in [9.17, 15) is 27.8 Å². The number of aliphatic hydroxyl groups excluding tert-OH is 2. The van der Waals surface area contributed by atoms with E-state index in [1.165, 1.54) is 6.92 Å². The van der Waals surface area contributed by atoms with E-state index in [-0.39, 0.29) is 5.82 Å². The predicted molar refractivity (Wildman–Crippen MR) is 66.8 cm³/mol. The summed E-state index contributed by atoms with van der Waals surface area (Å²) in [5.41, 5.74) is -1.20. The summed E-state index contributed by atoms with van der Waals surface area (Å²) in [6, 6.07) is -0.962. The highest BCUT2D eigenvalue weighted by Gasteiger charge is 2.43. The number of anilines is 1. The van der Waals surface area contributed by atoms with Gasteiger partial charge in [0.1, 0.15) is 30.8 Å². The number of hydrogen-bond donors (Lipinski definition) is 3. The second-order valence-electron chi connectivity index (χ2n) is 4.97. The molecule has 124 valence electrons. The lowest BCUT2D eigenvalue weighted by Gasteiger charge is -2.41. The summed E-state index contributed by atoms with van der Waals surface area (Å²) in [6.45, 7) is 0.509. The first-order valence-electron chi connectivity index (χ1n) is 6.47. The minimum atomic E-state index is -4.66. The maximum absolute atomic E-state index is 12.7. The summed E-state index contributed by atoms with van der Waals surface area (Å²) in [5, 5.41) is 22.2. The molecule has 6 nitrogen and oxygen atoms in total. The van der Waals surface area contributed by atoms with Gasteiger partial charge in [-0.2, -0.15) is 13.2 Å². The summed E-state index contributed by atoms with van der Waals surface area (Å²) in [4.78, 5) is 6.78. The smallest absolute Gasteiger partial charge is 0.388 e. The van der Waals surface area contributed by atoms with Crippen molar-refractivity contribution in [2.45, 2.75) is 43.6 Å². The Morgan fingerprint density at radius 3 is 2.55 bits per heavy atom. The molecule has 1 aromatic heterocycles. The number of aromatic nitrogens is 2. The molecule has 0 radical (unpaired) electrons. The fourth-order valence-electron chi connectivity index (χ4n) is 2.22. The molecule has 2 rings (SSSR count). The van der Waals surface area contributed by atoms with E-state index in [1.54, 1.807) is 0 Å². The summed E-state index contributed by atoms with van der Waals surface area (Å²) in [7, 11) is 0. The Kier molecular flexibility index (Phi) is 4.83. The lowest BCUT2D eigenvalue weighted by atomic mass is 9.94. The van der Waals surface area contributed by atoms with Crippen molar-refractivity contribution >= 4 is 5.82 Å². The third kappa shape index (κ3) is 3.45. The van der Waals surface area contributed by atoms with Crippen molar-refractivity contribution in [2.75, 3.05) is 12.0 Å². The lowest BCUT2D eigenvalue weighted by Crippen LogP contribution is -2.60. The highest BCUT2D eigenvalue weighted by Crippen LogP contribution is 2.28. The summed E-state index contributed by atoms with van der Waals surface area (Å²) >= 11 is 0. The van der Waals surface area contributed by atoms with Crippen molar-refractivity contribution in [1.82, 2.24) is 9.97 Å². The van der Waals surface area contributed by atoms with Crippen molar-refractivity contribution in [3.8, 4) is 0 Å². The van der Waals surface area contributed by atoms with E-state index in [0.29, 0.717) is 6.20 Å². The van der Waals surface area contributed by atoms with E-state index in [1.807, 2.05) is 0 Å². The third-order valence-corrected chi connectivity index (χ3v) is 3.39. The fraction of sp³-hybridized carbons (Fsp3) is 0.667. The second kappa shape index (κ2) is 6.31. The van der Waals surface area contributed by atoms with Crippen LogP contribution in [0.5, 0.6) is 0 Å². The number of rotatable bonds is 3. The van der Waals surface area contributed by atoms with Crippen LogP contribution in [-0.2, 0) is 10.9 Å². The number of nitrogens with zero attached hydrogens (tertiary/aromatic N) is 2. The molecular formula is C12H15F4N3O3. The fourth-order valence-corrected chi connectivity index (χ4v) is 2.22. The van der Waals surface area contributed by atoms with Gasteiger partial charge in [-0.25, -0.2) is 9.37 Å². The zero-order valence-electron chi connectivity index (χ0n) is 11.5. The highest BCUT2D eigenvalue weighted by atomic mass is 19.4. The van der Waals surface area contributed by atoms with Gasteiger partial charge in [0, 0.05) is 0 Å². The van der Waals surface area contributed by atoms with E-state index in [0.717, 1.165) is 6.20 Å². The maximum Gasteiger partial charge on any atom is 0.434 e. The van der Waals surface area contributed by atoms with E-state index < -0.39 is 49.0 Å². The molecule has 22 heavy (non-hydrogen) atoms. The molecule has 5 atom stereocenters. The molecular weight excluding hydrogens is 310 g/mol. The molecule has 0 saturated carbocycles. The normalized spacial score (nSPS) is 32.8. The molecule has 10 heteroatoms. The number of alkyl halides is 4. The molecule has 1 aliphatic heterocycles. The van der Waals surface area contributed by atoms with Crippen LogP contribution in [0.4, 0.5) is 23.4 Å². The Balaban J connectivity index is 2.16. The van der Waals surface area contributed by atoms with Gasteiger partial charge in [0.25, 0.3) is 0 Å². The van der Waals surface area contributed by atoms with Gasteiger partial charge in [-0.05, 0) is 6.92 Å². The van der Waals surface area contributed by atoms with Crippen LogP contribution in [0.2, 0.25) is 0 Å². The van der Waals surface area contributed by atoms with E-state index in [2.05, 4.69) is 15.3 Å². The number of hydrogen-bond acceptors (Lipinski definition) is 6. The number of halogens is 4. The first kappa shape index (κ1) is 16.8. The number of ether oxygens (including phenoxy) is 1. The molecule has 1 unspecified atom stereocenters. The molecule has 2 heterocycles. The molecule has 1 aliphatic rings. The lowest BCUT2D eigenvalue weighted by molar-refractivity contribution is -0.173. The van der Waals surface area contributed by atoms with Crippen LogP contribution in [0.1, 0.15) is 12.6 Å². The second-order valence-corrected chi connectivity index (χ2v) is 4.97. The molecule has 1 aromatic rings. The Hall–Kier alpha value is -1.52. The van der Waals surface area contributed by atoms with Gasteiger partial charge in [-0.3, -0.25) is 4.98 Å². The average molecular weight is 325 g/mol. The van der Waals surface area contributed by atoms with Crippen molar-refractivity contribution < 1.29 is 32.5 Å². The predicted octanol–water partition coefficient (Wildman–Crippen LogP) is 0.754. The first-order chi connectivity index (χ1) is 10.2. The van der Waals surface area contributed by atoms with Crippen molar-refractivity contribution in [3.63, 3.8) is 0 Å². The quantitative estimate of drug-likeness (QED) is 0.711. The van der Waals surface area contributed by atoms with Gasteiger partial charge < -0.3 is 20.3 Å². The third-order valence-electron chi connectivity index (χ3n) is 3.39. The van der Waals surface area contributed by atoms with E-state index in [4.69, 9.17) is 4.74 Å². The average Bonchev–Trinajstić information content (AvgIpc) is 2.47. The standard InChI is InChI=1S/C12H15F4N3O3/c1-5-9(11(21)10(20)6(2-13)22-5)19-8-4-17-3-7(18-8)12(14,15)16/h3-6,9-11,20-21H,2H2,1H3,(H,18,19)/t5?,6-,9+,10+,11-/m1/s1. The summed E-state index contributed by atoms with van der Waals surface area (Å²) in [6.07, 6.45) is -7.92. The van der Waals surface area contributed by atoms with Crippen molar-refractivity contribution in [2.24, 2.45) is 0 Å². The van der Waals surface area contributed by atoms with Gasteiger partial charge in [-0.15, -0.1) is 0 Å². The maximum atomic E-state index is 12.7. The van der Waals surface area contributed by atoms with Gasteiger partial charge in [-0.1, -0.05) is 0 Å². The van der Waals surface area contributed by atoms with Gasteiger partial charge >= 0.3 is 6.18 Å². The Labute approximate surface area is 123 Å². The van der Waals surface area contributed by atoms with Crippen LogP contribution in [0.25, 0.3) is 0 Å². The highest BCUT2D eigenvalue weighted by molar-refractivity contribution is 5.35.